The highest BCUT2D eigenvalue weighted by Crippen LogP contribution is 2.09. The summed E-state index contributed by atoms with van der Waals surface area (Å²) in [6, 6.07) is 3.77. The van der Waals surface area contributed by atoms with Gasteiger partial charge in [-0.2, -0.15) is 0 Å². The summed E-state index contributed by atoms with van der Waals surface area (Å²) >= 11 is 0. The van der Waals surface area contributed by atoms with Crippen LogP contribution in [0.2, 0.25) is 0 Å². The molecule has 1 rings (SSSR count). The molecule has 0 saturated heterocycles. The van der Waals surface area contributed by atoms with Crippen LogP contribution in [-0.4, -0.2) is 52.5 Å². The first-order valence-electron chi connectivity index (χ1n) is 9.40. The predicted molar refractivity (Wildman–Crippen MR) is 106 cm³/mol. The number of urea groups is 1. The molecule has 6 nitrogen and oxygen atoms in total. The Hall–Kier alpha value is -2.24. The number of nitrogens with one attached hydrogen (secondary N) is 1. The Kier molecular flexibility index (Phi) is 9.55. The molecule has 0 atom stereocenters. The first kappa shape index (κ1) is 21.8. The van der Waals surface area contributed by atoms with E-state index in [1.54, 1.807) is 6.08 Å². The van der Waals surface area contributed by atoms with E-state index >= 15 is 0 Å². The van der Waals surface area contributed by atoms with Crippen LogP contribution in [-0.2, 0) is 18.4 Å². The minimum atomic E-state index is -0.213. The molecule has 0 aliphatic heterocycles. The van der Waals surface area contributed by atoms with Crippen LogP contribution >= 0.6 is 0 Å². The fourth-order valence-corrected chi connectivity index (χ4v) is 2.67. The van der Waals surface area contributed by atoms with Crippen LogP contribution < -0.4 is 5.32 Å². The zero-order chi connectivity index (χ0) is 19.5. The van der Waals surface area contributed by atoms with Crippen molar-refractivity contribution in [2.75, 3.05) is 26.2 Å². The van der Waals surface area contributed by atoms with Crippen LogP contribution in [0.3, 0.4) is 0 Å². The van der Waals surface area contributed by atoms with Crippen LogP contribution in [0.5, 0.6) is 0 Å². The first-order valence-corrected chi connectivity index (χ1v) is 9.40. The highest BCUT2D eigenvalue weighted by molar-refractivity contribution is 5.84. The van der Waals surface area contributed by atoms with E-state index in [0.29, 0.717) is 32.1 Å². The van der Waals surface area contributed by atoms with Gasteiger partial charge in [-0.25, -0.2) is 4.79 Å². The summed E-state index contributed by atoms with van der Waals surface area (Å²) in [7, 11) is 1.97. The van der Waals surface area contributed by atoms with Gasteiger partial charge in [0.1, 0.15) is 6.54 Å². The zero-order valence-electron chi connectivity index (χ0n) is 16.7. The van der Waals surface area contributed by atoms with Gasteiger partial charge in [-0.15, -0.1) is 6.58 Å². The molecule has 0 fully saturated rings. The zero-order valence-corrected chi connectivity index (χ0v) is 16.7. The number of amides is 3. The molecule has 0 aliphatic rings. The topological polar surface area (TPSA) is 57.6 Å². The third kappa shape index (κ3) is 7.33. The molecule has 6 heteroatoms. The molecule has 0 radical (unpaired) electrons. The highest BCUT2D eigenvalue weighted by atomic mass is 16.2. The van der Waals surface area contributed by atoms with E-state index in [4.69, 9.17) is 0 Å². The summed E-state index contributed by atoms with van der Waals surface area (Å²) in [5.74, 6) is 0.304. The SMILES string of the molecule is C=CCN(CC(=O)N(Cc1cccn1C)CC(C)C)C(=O)NCCCC. The first-order chi connectivity index (χ1) is 12.4. The summed E-state index contributed by atoms with van der Waals surface area (Å²) in [4.78, 5) is 28.6. The van der Waals surface area contributed by atoms with E-state index in [9.17, 15) is 9.59 Å². The third-order valence-corrected chi connectivity index (χ3v) is 4.11. The number of carbonyl (C=O) groups is 2. The van der Waals surface area contributed by atoms with Gasteiger partial charge in [-0.3, -0.25) is 4.79 Å². The van der Waals surface area contributed by atoms with Gasteiger partial charge in [0.25, 0.3) is 0 Å². The Bertz CT molecular complexity index is 580. The van der Waals surface area contributed by atoms with E-state index in [-0.39, 0.29) is 18.5 Å². The Morgan fingerprint density at radius 2 is 2.08 bits per heavy atom. The summed E-state index contributed by atoms with van der Waals surface area (Å²) in [6.07, 6.45) is 5.56. The lowest BCUT2D eigenvalue weighted by atomic mass is 10.2. The van der Waals surface area contributed by atoms with Crippen LogP contribution in [0.1, 0.15) is 39.3 Å². The molecule has 0 saturated carbocycles. The molecule has 146 valence electrons. The largest absolute Gasteiger partial charge is 0.353 e. The number of rotatable bonds is 11. The average molecular weight is 363 g/mol. The average Bonchev–Trinajstić information content (AvgIpc) is 2.98. The molecule has 0 aliphatic carbocycles. The third-order valence-electron chi connectivity index (χ3n) is 4.11. The van der Waals surface area contributed by atoms with Crippen molar-refractivity contribution in [1.29, 1.82) is 0 Å². The van der Waals surface area contributed by atoms with Crippen molar-refractivity contribution in [3.8, 4) is 0 Å². The second-order valence-corrected chi connectivity index (χ2v) is 7.03. The van der Waals surface area contributed by atoms with Crippen molar-refractivity contribution >= 4 is 11.9 Å². The van der Waals surface area contributed by atoms with Crippen LogP contribution in [0.15, 0.2) is 31.0 Å². The second kappa shape index (κ2) is 11.4. The van der Waals surface area contributed by atoms with Gasteiger partial charge in [0.2, 0.25) is 5.91 Å². The van der Waals surface area contributed by atoms with Crippen molar-refractivity contribution in [2.24, 2.45) is 13.0 Å². The fourth-order valence-electron chi connectivity index (χ4n) is 2.67. The maximum absolute atomic E-state index is 12.9. The summed E-state index contributed by atoms with van der Waals surface area (Å²) in [6.45, 7) is 12.2. The maximum atomic E-state index is 12.9. The van der Waals surface area contributed by atoms with E-state index in [1.165, 1.54) is 4.90 Å². The number of aromatic nitrogens is 1. The lowest BCUT2D eigenvalue weighted by molar-refractivity contribution is -0.133. The number of nitrogens with zero attached hydrogens (tertiary/aromatic N) is 3. The summed E-state index contributed by atoms with van der Waals surface area (Å²) < 4.78 is 2.01. The van der Waals surface area contributed by atoms with E-state index in [2.05, 4.69) is 32.7 Å². The standard InChI is InChI=1S/C20H34N4O2/c1-6-8-11-21-20(26)23(12-7-2)16-19(25)24(14-17(3)4)15-18-10-9-13-22(18)5/h7,9-10,13,17H,2,6,8,11-12,14-16H2,1,3-5H3,(H,21,26). The van der Waals surface area contributed by atoms with Crippen molar-refractivity contribution in [1.82, 2.24) is 19.7 Å². The van der Waals surface area contributed by atoms with Gasteiger partial charge >= 0.3 is 6.03 Å². The highest BCUT2D eigenvalue weighted by Gasteiger charge is 2.21. The number of aryl methyl sites for hydroxylation is 1. The number of hydrogen-bond donors (Lipinski definition) is 1. The smallest absolute Gasteiger partial charge is 0.318 e. The minimum Gasteiger partial charge on any atom is -0.353 e. The van der Waals surface area contributed by atoms with Gasteiger partial charge in [-0.05, 0) is 24.5 Å². The van der Waals surface area contributed by atoms with Gasteiger partial charge in [0, 0.05) is 38.6 Å². The predicted octanol–water partition coefficient (Wildman–Crippen LogP) is 3.01. The van der Waals surface area contributed by atoms with Crippen molar-refractivity contribution in [3.05, 3.63) is 36.7 Å². The Morgan fingerprint density at radius 1 is 1.35 bits per heavy atom. The quantitative estimate of drug-likeness (QED) is 0.486. The number of unbranched alkanes of at least 4 members (excludes halogenated alkanes) is 1. The maximum Gasteiger partial charge on any atom is 0.318 e. The molecule has 0 bridgehead atoms. The number of carbonyl (C=O) groups excluding carboxylic acids is 2. The molecule has 3 amide bonds. The Labute approximate surface area is 157 Å². The lowest BCUT2D eigenvalue weighted by Crippen LogP contribution is -2.47. The Balaban J connectivity index is 2.78. The molecule has 1 heterocycles. The molecule has 1 aromatic rings. The monoisotopic (exact) mass is 362 g/mol. The van der Waals surface area contributed by atoms with E-state index < -0.39 is 0 Å². The normalized spacial score (nSPS) is 10.7. The van der Waals surface area contributed by atoms with Gasteiger partial charge in [-0.1, -0.05) is 33.3 Å². The molecular weight excluding hydrogens is 328 g/mol. The number of hydrogen-bond acceptors (Lipinski definition) is 2. The Morgan fingerprint density at radius 3 is 2.62 bits per heavy atom. The molecular formula is C20H34N4O2. The van der Waals surface area contributed by atoms with Crippen LogP contribution in [0, 0.1) is 5.92 Å². The molecule has 1 aromatic heterocycles. The van der Waals surface area contributed by atoms with Gasteiger partial charge in [0.05, 0.1) is 6.54 Å². The van der Waals surface area contributed by atoms with Gasteiger partial charge < -0.3 is 19.7 Å². The lowest BCUT2D eigenvalue weighted by Gasteiger charge is -2.28. The van der Waals surface area contributed by atoms with E-state index in [0.717, 1.165) is 18.5 Å². The molecule has 0 unspecified atom stereocenters. The molecule has 0 spiro atoms. The van der Waals surface area contributed by atoms with E-state index in [1.807, 2.05) is 34.8 Å². The second-order valence-electron chi connectivity index (χ2n) is 7.03. The van der Waals surface area contributed by atoms with Crippen molar-refractivity contribution in [3.63, 3.8) is 0 Å². The molecule has 1 N–H and O–H groups in total. The van der Waals surface area contributed by atoms with Gasteiger partial charge in [0.15, 0.2) is 0 Å². The fraction of sp³-hybridized carbons (Fsp3) is 0.600. The van der Waals surface area contributed by atoms with Crippen LogP contribution in [0.25, 0.3) is 0 Å². The van der Waals surface area contributed by atoms with Crippen molar-refractivity contribution < 1.29 is 9.59 Å². The molecule has 0 aromatic carbocycles. The summed E-state index contributed by atoms with van der Waals surface area (Å²) in [5, 5.41) is 2.87. The summed E-state index contributed by atoms with van der Waals surface area (Å²) in [5.41, 5.74) is 1.07. The van der Waals surface area contributed by atoms with Crippen LogP contribution in [0.4, 0.5) is 4.79 Å². The molecule has 26 heavy (non-hydrogen) atoms. The van der Waals surface area contributed by atoms with Crippen molar-refractivity contribution in [2.45, 2.75) is 40.2 Å². The minimum absolute atomic E-state index is 0.0487.